The Morgan fingerprint density at radius 2 is 2.06 bits per heavy atom. The first-order valence-corrected chi connectivity index (χ1v) is 5.72. The highest BCUT2D eigenvalue weighted by atomic mass is 19.4. The second-order valence-corrected chi connectivity index (χ2v) is 5.05. The maximum atomic E-state index is 12.6. The molecule has 1 atom stereocenters. The van der Waals surface area contributed by atoms with Crippen LogP contribution < -0.4 is 0 Å². The first-order valence-electron chi connectivity index (χ1n) is 5.72. The minimum Gasteiger partial charge on any atom is -0.379 e. The van der Waals surface area contributed by atoms with E-state index in [0.717, 1.165) is 4.90 Å². The van der Waals surface area contributed by atoms with Gasteiger partial charge in [0.25, 0.3) is 0 Å². The predicted octanol–water partition coefficient (Wildman–Crippen LogP) is 1.95. The van der Waals surface area contributed by atoms with E-state index in [1.165, 1.54) is 0 Å². The number of halogens is 3. The molecule has 0 aliphatic carbocycles. The lowest BCUT2D eigenvalue weighted by Crippen LogP contribution is -2.58. The molecule has 1 aliphatic heterocycles. The van der Waals surface area contributed by atoms with Gasteiger partial charge < -0.3 is 10.0 Å². The van der Waals surface area contributed by atoms with Crippen molar-refractivity contribution in [3.05, 3.63) is 0 Å². The minimum absolute atomic E-state index is 0.100. The average Bonchev–Trinajstić information content (AvgIpc) is 2.15. The molecule has 0 aromatic heterocycles. The molecule has 0 saturated carbocycles. The van der Waals surface area contributed by atoms with Crippen LogP contribution in [0.15, 0.2) is 0 Å². The second kappa shape index (κ2) is 4.84. The monoisotopic (exact) mass is 253 g/mol. The van der Waals surface area contributed by atoms with E-state index in [1.807, 2.05) is 13.8 Å². The van der Waals surface area contributed by atoms with E-state index >= 15 is 0 Å². The van der Waals surface area contributed by atoms with Crippen LogP contribution in [-0.2, 0) is 4.79 Å². The fourth-order valence-corrected chi connectivity index (χ4v) is 1.96. The predicted molar refractivity (Wildman–Crippen MR) is 56.3 cm³/mol. The normalized spacial score (nSPS) is 26.4. The molecule has 1 amide bonds. The Balaban J connectivity index is 2.70. The Bertz CT molecular complexity index is 291. The Kier molecular flexibility index (Phi) is 4.06. The SMILES string of the molecule is CC(C)CC(=O)N1CCCC(O)(C(F)(F)F)C1. The lowest BCUT2D eigenvalue weighted by atomic mass is 9.91. The van der Waals surface area contributed by atoms with E-state index in [4.69, 9.17) is 0 Å². The topological polar surface area (TPSA) is 40.5 Å². The summed E-state index contributed by atoms with van der Waals surface area (Å²) in [5.41, 5.74) is -2.74. The zero-order valence-corrected chi connectivity index (χ0v) is 10.0. The summed E-state index contributed by atoms with van der Waals surface area (Å²) in [6, 6.07) is 0. The van der Waals surface area contributed by atoms with Gasteiger partial charge in [-0.2, -0.15) is 13.2 Å². The van der Waals surface area contributed by atoms with Gasteiger partial charge in [0.1, 0.15) is 0 Å². The molecule has 6 heteroatoms. The van der Waals surface area contributed by atoms with Crippen LogP contribution in [0.3, 0.4) is 0 Å². The van der Waals surface area contributed by atoms with Crippen molar-refractivity contribution < 1.29 is 23.1 Å². The quantitative estimate of drug-likeness (QED) is 0.817. The molecule has 100 valence electrons. The van der Waals surface area contributed by atoms with Crippen molar-refractivity contribution in [2.75, 3.05) is 13.1 Å². The second-order valence-electron chi connectivity index (χ2n) is 5.05. The Labute approximate surface area is 98.6 Å². The van der Waals surface area contributed by atoms with Crippen LogP contribution in [-0.4, -0.2) is 40.8 Å². The number of hydrogen-bond donors (Lipinski definition) is 1. The van der Waals surface area contributed by atoms with E-state index in [1.54, 1.807) is 0 Å². The van der Waals surface area contributed by atoms with Gasteiger partial charge in [-0.3, -0.25) is 4.79 Å². The number of likely N-dealkylation sites (tertiary alicyclic amines) is 1. The van der Waals surface area contributed by atoms with Gasteiger partial charge in [-0.25, -0.2) is 0 Å². The number of β-amino-alcohol motifs (C(OH)–C–C–N with tert-alkyl or cyclic N) is 1. The molecule has 0 aromatic carbocycles. The molecule has 1 heterocycles. The van der Waals surface area contributed by atoms with Crippen LogP contribution in [0.2, 0.25) is 0 Å². The van der Waals surface area contributed by atoms with Crippen molar-refractivity contribution in [3.8, 4) is 0 Å². The molecule has 0 radical (unpaired) electrons. The number of hydrogen-bond acceptors (Lipinski definition) is 2. The number of aliphatic hydroxyl groups is 1. The third kappa shape index (κ3) is 3.34. The fourth-order valence-electron chi connectivity index (χ4n) is 1.96. The Morgan fingerprint density at radius 1 is 1.47 bits per heavy atom. The third-order valence-electron chi connectivity index (χ3n) is 2.93. The minimum atomic E-state index is -4.68. The molecular formula is C11H18F3NO2. The van der Waals surface area contributed by atoms with Gasteiger partial charge in [-0.05, 0) is 18.8 Å². The summed E-state index contributed by atoms with van der Waals surface area (Å²) in [5.74, 6) is -0.217. The molecule has 0 spiro atoms. The van der Waals surface area contributed by atoms with E-state index < -0.39 is 18.3 Å². The zero-order chi connectivity index (χ0) is 13.3. The molecule has 1 fully saturated rings. The number of carbonyl (C=O) groups excluding carboxylic acids is 1. The molecule has 1 saturated heterocycles. The van der Waals surface area contributed by atoms with Crippen LogP contribution in [0, 0.1) is 5.92 Å². The zero-order valence-electron chi connectivity index (χ0n) is 10.0. The third-order valence-corrected chi connectivity index (χ3v) is 2.93. The summed E-state index contributed by atoms with van der Waals surface area (Å²) in [5, 5.41) is 9.54. The van der Waals surface area contributed by atoms with Gasteiger partial charge in [0.15, 0.2) is 5.60 Å². The summed E-state index contributed by atoms with van der Waals surface area (Å²) in [6.07, 6.45) is -4.61. The van der Waals surface area contributed by atoms with E-state index in [-0.39, 0.29) is 31.1 Å². The summed E-state index contributed by atoms with van der Waals surface area (Å²) in [7, 11) is 0. The van der Waals surface area contributed by atoms with Gasteiger partial charge in [-0.15, -0.1) is 0 Å². The molecule has 0 aromatic rings. The van der Waals surface area contributed by atoms with Crippen LogP contribution >= 0.6 is 0 Å². The maximum Gasteiger partial charge on any atom is 0.418 e. The fraction of sp³-hybridized carbons (Fsp3) is 0.909. The largest absolute Gasteiger partial charge is 0.418 e. The van der Waals surface area contributed by atoms with Crippen molar-refractivity contribution in [2.45, 2.75) is 44.9 Å². The van der Waals surface area contributed by atoms with Crippen LogP contribution in [0.5, 0.6) is 0 Å². The maximum absolute atomic E-state index is 12.6. The van der Waals surface area contributed by atoms with Gasteiger partial charge in [0.05, 0.1) is 6.54 Å². The summed E-state index contributed by atoms with van der Waals surface area (Å²) in [4.78, 5) is 12.8. The molecule has 17 heavy (non-hydrogen) atoms. The van der Waals surface area contributed by atoms with Gasteiger partial charge in [-0.1, -0.05) is 13.8 Å². The Hall–Kier alpha value is -0.780. The highest BCUT2D eigenvalue weighted by Gasteiger charge is 2.55. The van der Waals surface area contributed by atoms with Crippen molar-refractivity contribution in [2.24, 2.45) is 5.92 Å². The smallest absolute Gasteiger partial charge is 0.379 e. The summed E-state index contributed by atoms with van der Waals surface area (Å²) >= 11 is 0. The number of alkyl halides is 3. The molecular weight excluding hydrogens is 235 g/mol. The standard InChI is InChI=1S/C11H18F3NO2/c1-8(2)6-9(16)15-5-3-4-10(17,7-15)11(12,13)14/h8,17H,3-7H2,1-2H3. The number of rotatable bonds is 2. The van der Waals surface area contributed by atoms with Crippen molar-refractivity contribution >= 4 is 5.91 Å². The summed E-state index contributed by atoms with van der Waals surface area (Å²) in [6.45, 7) is 3.32. The molecule has 1 aliphatic rings. The van der Waals surface area contributed by atoms with Crippen molar-refractivity contribution in [3.63, 3.8) is 0 Å². The molecule has 1 unspecified atom stereocenters. The first-order chi connectivity index (χ1) is 7.66. The first kappa shape index (κ1) is 14.3. The highest BCUT2D eigenvalue weighted by Crippen LogP contribution is 2.37. The molecule has 1 rings (SSSR count). The molecule has 3 nitrogen and oxygen atoms in total. The van der Waals surface area contributed by atoms with E-state index in [0.29, 0.717) is 6.54 Å². The number of amides is 1. The lowest BCUT2D eigenvalue weighted by Gasteiger charge is -2.40. The van der Waals surface area contributed by atoms with Gasteiger partial charge in [0.2, 0.25) is 5.91 Å². The van der Waals surface area contributed by atoms with Crippen LogP contribution in [0.25, 0.3) is 0 Å². The summed E-state index contributed by atoms with van der Waals surface area (Å²) < 4.78 is 37.9. The van der Waals surface area contributed by atoms with Crippen molar-refractivity contribution in [1.82, 2.24) is 4.90 Å². The van der Waals surface area contributed by atoms with Crippen LogP contribution in [0.4, 0.5) is 13.2 Å². The number of carbonyl (C=O) groups is 1. The number of nitrogens with zero attached hydrogens (tertiary/aromatic N) is 1. The lowest BCUT2D eigenvalue weighted by molar-refractivity contribution is -0.272. The highest BCUT2D eigenvalue weighted by molar-refractivity contribution is 5.76. The van der Waals surface area contributed by atoms with Crippen molar-refractivity contribution in [1.29, 1.82) is 0 Å². The van der Waals surface area contributed by atoms with E-state index in [2.05, 4.69) is 0 Å². The number of piperidine rings is 1. The molecule has 0 bridgehead atoms. The van der Waals surface area contributed by atoms with Crippen LogP contribution in [0.1, 0.15) is 33.1 Å². The van der Waals surface area contributed by atoms with Gasteiger partial charge in [0, 0.05) is 13.0 Å². The molecule has 1 N–H and O–H groups in total. The Morgan fingerprint density at radius 3 is 2.53 bits per heavy atom. The van der Waals surface area contributed by atoms with Gasteiger partial charge >= 0.3 is 6.18 Å². The van der Waals surface area contributed by atoms with E-state index in [9.17, 15) is 23.1 Å². The average molecular weight is 253 g/mol.